The molecule has 0 fully saturated rings. The average molecular weight is 663 g/mol. The lowest BCUT2D eigenvalue weighted by molar-refractivity contribution is -0.139. The molecular formula is C35H35ClN2O7S. The number of allylic oxidation sites excluding steroid dienone is 1. The van der Waals surface area contributed by atoms with Gasteiger partial charge < -0.3 is 23.7 Å². The predicted molar refractivity (Wildman–Crippen MR) is 178 cm³/mol. The number of esters is 1. The van der Waals surface area contributed by atoms with Crippen LogP contribution in [0.15, 0.2) is 81.7 Å². The highest BCUT2D eigenvalue weighted by Gasteiger charge is 2.34. The van der Waals surface area contributed by atoms with Gasteiger partial charge in [0, 0.05) is 5.02 Å². The summed E-state index contributed by atoms with van der Waals surface area (Å²) >= 11 is 7.25. The van der Waals surface area contributed by atoms with E-state index in [1.807, 2.05) is 62.4 Å². The maximum Gasteiger partial charge on any atom is 0.338 e. The molecule has 46 heavy (non-hydrogen) atoms. The minimum atomic E-state index is -0.787. The molecule has 1 aromatic heterocycles. The highest BCUT2D eigenvalue weighted by molar-refractivity contribution is 7.07. The van der Waals surface area contributed by atoms with Crippen LogP contribution in [0.1, 0.15) is 50.4 Å². The first kappa shape index (κ1) is 32.8. The smallest absolute Gasteiger partial charge is 0.338 e. The van der Waals surface area contributed by atoms with Gasteiger partial charge in [0.25, 0.3) is 5.56 Å². The minimum Gasteiger partial charge on any atom is -0.493 e. The zero-order valence-electron chi connectivity index (χ0n) is 26.3. The quantitative estimate of drug-likeness (QED) is 0.176. The summed E-state index contributed by atoms with van der Waals surface area (Å²) in [6, 6.07) is 17.6. The van der Waals surface area contributed by atoms with Crippen LogP contribution in [0.25, 0.3) is 6.08 Å². The van der Waals surface area contributed by atoms with Gasteiger partial charge in [0.05, 0.1) is 48.8 Å². The highest BCUT2D eigenvalue weighted by atomic mass is 35.5. The average Bonchev–Trinajstić information content (AvgIpc) is 3.34. The number of carbonyl (C=O) groups excluding carboxylic acids is 1. The van der Waals surface area contributed by atoms with Crippen LogP contribution in [0.3, 0.4) is 0 Å². The van der Waals surface area contributed by atoms with E-state index in [2.05, 4.69) is 4.99 Å². The topological polar surface area (TPSA) is 97.6 Å². The molecule has 240 valence electrons. The van der Waals surface area contributed by atoms with Gasteiger partial charge >= 0.3 is 5.97 Å². The Kier molecular flexibility index (Phi) is 10.5. The molecule has 0 saturated carbocycles. The van der Waals surface area contributed by atoms with Crippen LogP contribution in [0.2, 0.25) is 5.02 Å². The summed E-state index contributed by atoms with van der Waals surface area (Å²) in [5, 5.41) is 0.659. The maximum absolute atomic E-state index is 14.1. The van der Waals surface area contributed by atoms with Crippen molar-refractivity contribution in [3.63, 3.8) is 0 Å². The number of aromatic nitrogens is 1. The number of methoxy groups -OCH3 is 1. The number of fused-ring (bicyclic) bond motifs is 1. The van der Waals surface area contributed by atoms with Crippen molar-refractivity contribution in [2.24, 2.45) is 4.99 Å². The lowest BCUT2D eigenvalue weighted by Gasteiger charge is -2.25. The summed E-state index contributed by atoms with van der Waals surface area (Å²) in [4.78, 5) is 32.5. The molecule has 1 atom stereocenters. The number of hydrogen-bond donors (Lipinski definition) is 0. The number of ether oxygens (including phenoxy) is 5. The molecule has 0 radical (unpaired) electrons. The molecule has 9 nitrogen and oxygen atoms in total. The van der Waals surface area contributed by atoms with Crippen molar-refractivity contribution in [3.8, 4) is 23.0 Å². The Balaban J connectivity index is 1.58. The van der Waals surface area contributed by atoms with Crippen LogP contribution in [0.5, 0.6) is 23.0 Å². The fraction of sp³-hybridized carbons (Fsp3) is 0.286. The Morgan fingerprint density at radius 2 is 1.61 bits per heavy atom. The molecule has 0 saturated heterocycles. The van der Waals surface area contributed by atoms with Gasteiger partial charge in [0.15, 0.2) is 27.8 Å². The Hall–Kier alpha value is -4.54. The summed E-state index contributed by atoms with van der Waals surface area (Å²) in [6.07, 6.45) is 1.79. The molecule has 0 aliphatic carbocycles. The molecule has 0 spiro atoms. The second kappa shape index (κ2) is 14.7. The first-order chi connectivity index (χ1) is 22.3. The molecular weight excluding hydrogens is 628 g/mol. The van der Waals surface area contributed by atoms with Crippen molar-refractivity contribution < 1.29 is 28.5 Å². The fourth-order valence-corrected chi connectivity index (χ4v) is 6.31. The van der Waals surface area contributed by atoms with Crippen LogP contribution in [0.4, 0.5) is 0 Å². The zero-order valence-corrected chi connectivity index (χ0v) is 27.9. The number of hydrogen-bond acceptors (Lipinski definition) is 9. The van der Waals surface area contributed by atoms with Gasteiger partial charge in [-0.3, -0.25) is 9.36 Å². The second-order valence-electron chi connectivity index (χ2n) is 10.2. The predicted octanol–water partition coefficient (Wildman–Crippen LogP) is 5.84. The van der Waals surface area contributed by atoms with E-state index < -0.39 is 12.0 Å². The van der Waals surface area contributed by atoms with E-state index in [4.69, 9.17) is 35.3 Å². The minimum absolute atomic E-state index is 0.182. The summed E-state index contributed by atoms with van der Waals surface area (Å²) in [5.74, 6) is 1.64. The van der Waals surface area contributed by atoms with E-state index in [1.165, 1.54) is 11.3 Å². The number of nitrogens with zero attached hydrogens (tertiary/aromatic N) is 2. The third-order valence-corrected chi connectivity index (χ3v) is 8.43. The monoisotopic (exact) mass is 662 g/mol. The van der Waals surface area contributed by atoms with Gasteiger partial charge in [0.1, 0.15) is 6.61 Å². The number of benzene rings is 3. The Morgan fingerprint density at radius 1 is 0.913 bits per heavy atom. The van der Waals surface area contributed by atoms with Gasteiger partial charge in [-0.15, -0.1) is 0 Å². The third-order valence-electron chi connectivity index (χ3n) is 7.19. The summed E-state index contributed by atoms with van der Waals surface area (Å²) in [7, 11) is 1.56. The van der Waals surface area contributed by atoms with E-state index >= 15 is 0 Å². The Morgan fingerprint density at radius 3 is 2.28 bits per heavy atom. The van der Waals surface area contributed by atoms with Crippen LogP contribution < -0.4 is 33.8 Å². The standard InChI is InChI=1S/C35H35ClN2O7S/c1-6-42-28-17-23(11-15-27(28)45-20-22-9-13-25(36)14-10-22)18-30-33(39)38-32(24-12-16-26(41-5)29(19-24)43-7-2)31(34(40)44-8-3)21(4)37-35(38)46-30/h9-19,32H,6-8,20H2,1-5H3/b30-18-/t32-/m1/s1. The normalized spacial score (nSPS) is 14.4. The molecule has 11 heteroatoms. The van der Waals surface area contributed by atoms with Gasteiger partial charge in [-0.05, 0) is 86.9 Å². The molecule has 0 bridgehead atoms. The molecule has 0 N–H and O–H groups in total. The summed E-state index contributed by atoms with van der Waals surface area (Å²) in [5.41, 5.74) is 2.84. The van der Waals surface area contributed by atoms with Crippen molar-refractivity contribution in [3.05, 3.63) is 113 Å². The fourth-order valence-electron chi connectivity index (χ4n) is 5.13. The van der Waals surface area contributed by atoms with Crippen molar-refractivity contribution in [1.82, 2.24) is 4.57 Å². The summed E-state index contributed by atoms with van der Waals surface area (Å²) < 4.78 is 30.6. The molecule has 0 amide bonds. The van der Waals surface area contributed by atoms with E-state index in [-0.39, 0.29) is 17.7 Å². The molecule has 3 aromatic carbocycles. The van der Waals surface area contributed by atoms with Crippen molar-refractivity contribution in [2.75, 3.05) is 26.9 Å². The van der Waals surface area contributed by atoms with Gasteiger partial charge in [-0.1, -0.05) is 47.2 Å². The van der Waals surface area contributed by atoms with Crippen molar-refractivity contribution in [2.45, 2.75) is 40.3 Å². The van der Waals surface area contributed by atoms with Gasteiger partial charge in [0.2, 0.25) is 0 Å². The third kappa shape index (κ3) is 6.98. The summed E-state index contributed by atoms with van der Waals surface area (Å²) in [6.45, 7) is 8.63. The lowest BCUT2D eigenvalue weighted by Crippen LogP contribution is -2.40. The molecule has 1 aliphatic rings. The van der Waals surface area contributed by atoms with E-state index in [0.29, 0.717) is 68.4 Å². The van der Waals surface area contributed by atoms with Gasteiger partial charge in [-0.25, -0.2) is 9.79 Å². The van der Waals surface area contributed by atoms with E-state index in [0.717, 1.165) is 11.1 Å². The second-order valence-corrected chi connectivity index (χ2v) is 11.6. The van der Waals surface area contributed by atoms with E-state index in [1.54, 1.807) is 43.7 Å². The molecule has 5 rings (SSSR count). The van der Waals surface area contributed by atoms with Gasteiger partial charge in [-0.2, -0.15) is 0 Å². The Bertz CT molecular complexity index is 1950. The maximum atomic E-state index is 14.1. The molecule has 0 unspecified atom stereocenters. The largest absolute Gasteiger partial charge is 0.493 e. The number of thiazole rings is 1. The molecule has 1 aliphatic heterocycles. The zero-order chi connectivity index (χ0) is 32.8. The lowest BCUT2D eigenvalue weighted by atomic mass is 9.95. The molecule has 2 heterocycles. The van der Waals surface area contributed by atoms with Crippen LogP contribution in [-0.4, -0.2) is 37.5 Å². The van der Waals surface area contributed by atoms with Crippen LogP contribution in [-0.2, 0) is 16.1 Å². The number of carbonyl (C=O) groups is 1. The Labute approximate surface area is 275 Å². The first-order valence-corrected chi connectivity index (χ1v) is 16.1. The van der Waals surface area contributed by atoms with Crippen molar-refractivity contribution in [1.29, 1.82) is 0 Å². The van der Waals surface area contributed by atoms with E-state index in [9.17, 15) is 9.59 Å². The van der Waals surface area contributed by atoms with Crippen LogP contribution >= 0.6 is 22.9 Å². The first-order valence-electron chi connectivity index (χ1n) is 14.9. The highest BCUT2D eigenvalue weighted by Crippen LogP contribution is 2.36. The molecule has 4 aromatic rings. The van der Waals surface area contributed by atoms with Crippen LogP contribution in [0, 0.1) is 0 Å². The number of halogens is 1. The SMILES string of the molecule is CCOC(=O)C1=C(C)N=c2s/c(=C\c3ccc(OCc4ccc(Cl)cc4)c(OCC)c3)c(=O)n2[C@@H]1c1ccc(OC)c(OCC)c1. The number of rotatable bonds is 12. The van der Waals surface area contributed by atoms with Crippen molar-refractivity contribution >= 4 is 35.0 Å².